The van der Waals surface area contributed by atoms with Gasteiger partial charge >= 0.3 is 0 Å². The second-order valence-electron chi connectivity index (χ2n) is 4.53. The van der Waals surface area contributed by atoms with Crippen molar-refractivity contribution < 1.29 is 9.32 Å². The maximum Gasteiger partial charge on any atom is 0.224 e. The van der Waals surface area contributed by atoms with Gasteiger partial charge in [0.05, 0.1) is 11.9 Å². The highest BCUT2D eigenvalue weighted by Crippen LogP contribution is 2.16. The molecule has 0 aliphatic carbocycles. The molecule has 1 amide bonds. The third-order valence-electron chi connectivity index (χ3n) is 2.69. The fraction of sp³-hybridized carbons (Fsp3) is 0.357. The van der Waals surface area contributed by atoms with Crippen LogP contribution in [0.4, 0.5) is 17.3 Å². The van der Waals surface area contributed by atoms with Crippen LogP contribution in [0.2, 0.25) is 0 Å². The van der Waals surface area contributed by atoms with Crippen LogP contribution < -0.4 is 10.6 Å². The smallest absolute Gasteiger partial charge is 0.224 e. The molecule has 6 heteroatoms. The van der Waals surface area contributed by atoms with E-state index in [4.69, 9.17) is 4.52 Å². The summed E-state index contributed by atoms with van der Waals surface area (Å²) in [6.07, 6.45) is 4.05. The summed E-state index contributed by atoms with van der Waals surface area (Å²) in [5.41, 5.74) is 0.688. The van der Waals surface area contributed by atoms with E-state index < -0.39 is 0 Å². The number of amides is 1. The van der Waals surface area contributed by atoms with Crippen molar-refractivity contribution in [2.24, 2.45) is 0 Å². The van der Waals surface area contributed by atoms with Crippen molar-refractivity contribution in [1.82, 2.24) is 10.1 Å². The Morgan fingerprint density at radius 1 is 1.35 bits per heavy atom. The van der Waals surface area contributed by atoms with Crippen LogP contribution in [0, 0.1) is 6.92 Å². The van der Waals surface area contributed by atoms with E-state index in [0.717, 1.165) is 18.6 Å². The fourth-order valence-corrected chi connectivity index (χ4v) is 1.66. The first-order valence-electron chi connectivity index (χ1n) is 6.63. The summed E-state index contributed by atoms with van der Waals surface area (Å²) >= 11 is 0. The minimum absolute atomic E-state index is 0.0153. The van der Waals surface area contributed by atoms with Gasteiger partial charge in [0.25, 0.3) is 0 Å². The zero-order valence-corrected chi connectivity index (χ0v) is 11.6. The number of anilines is 3. The monoisotopic (exact) mass is 274 g/mol. The van der Waals surface area contributed by atoms with E-state index in [2.05, 4.69) is 27.7 Å². The van der Waals surface area contributed by atoms with Crippen molar-refractivity contribution in [3.8, 4) is 0 Å². The van der Waals surface area contributed by atoms with Gasteiger partial charge in [-0.3, -0.25) is 4.79 Å². The molecule has 2 aromatic rings. The van der Waals surface area contributed by atoms with Gasteiger partial charge in [-0.1, -0.05) is 18.5 Å². The quantitative estimate of drug-likeness (QED) is 0.845. The van der Waals surface area contributed by atoms with Crippen LogP contribution in [0.25, 0.3) is 0 Å². The van der Waals surface area contributed by atoms with Crippen LogP contribution in [-0.4, -0.2) is 16.0 Å². The fourth-order valence-electron chi connectivity index (χ4n) is 1.66. The van der Waals surface area contributed by atoms with Crippen LogP contribution >= 0.6 is 0 Å². The van der Waals surface area contributed by atoms with Crippen molar-refractivity contribution in [2.75, 3.05) is 10.6 Å². The molecule has 0 saturated heterocycles. The first kappa shape index (κ1) is 14.0. The van der Waals surface area contributed by atoms with Crippen molar-refractivity contribution in [2.45, 2.75) is 33.1 Å². The molecule has 0 saturated carbocycles. The maximum absolute atomic E-state index is 11.6. The molecule has 0 spiro atoms. The first-order chi connectivity index (χ1) is 9.67. The van der Waals surface area contributed by atoms with Crippen molar-refractivity contribution in [3.05, 3.63) is 30.2 Å². The lowest BCUT2D eigenvalue weighted by atomic mass is 10.2. The standard InChI is InChI=1S/C14H18N4O2/c1-3-4-5-14(19)16-11-6-7-12(15-9-11)17-13-8-10(2)20-18-13/h6-9H,3-5H2,1-2H3,(H,16,19)(H,15,17,18). The summed E-state index contributed by atoms with van der Waals surface area (Å²) < 4.78 is 4.95. The Morgan fingerprint density at radius 2 is 2.20 bits per heavy atom. The van der Waals surface area contributed by atoms with E-state index in [0.29, 0.717) is 23.7 Å². The lowest BCUT2D eigenvalue weighted by Gasteiger charge is -2.05. The van der Waals surface area contributed by atoms with Crippen molar-refractivity contribution in [1.29, 1.82) is 0 Å². The number of nitrogens with zero attached hydrogens (tertiary/aromatic N) is 2. The molecule has 0 aliphatic heterocycles. The Balaban J connectivity index is 1.91. The highest BCUT2D eigenvalue weighted by atomic mass is 16.5. The number of carbonyl (C=O) groups excluding carboxylic acids is 1. The number of aromatic nitrogens is 2. The predicted molar refractivity (Wildman–Crippen MR) is 76.9 cm³/mol. The summed E-state index contributed by atoms with van der Waals surface area (Å²) in [5.74, 6) is 1.99. The SMILES string of the molecule is CCCCC(=O)Nc1ccc(Nc2cc(C)on2)nc1. The second-order valence-corrected chi connectivity index (χ2v) is 4.53. The average Bonchev–Trinajstić information content (AvgIpc) is 2.84. The second kappa shape index (κ2) is 6.70. The van der Waals surface area contributed by atoms with Gasteiger partial charge in [-0.2, -0.15) is 0 Å². The lowest BCUT2D eigenvalue weighted by molar-refractivity contribution is -0.116. The molecule has 6 nitrogen and oxygen atoms in total. The highest BCUT2D eigenvalue weighted by Gasteiger charge is 2.04. The van der Waals surface area contributed by atoms with Gasteiger partial charge in [0.15, 0.2) is 5.82 Å². The molecule has 2 heterocycles. The van der Waals surface area contributed by atoms with E-state index in [1.165, 1.54) is 0 Å². The molecule has 0 bridgehead atoms. The minimum atomic E-state index is 0.0153. The minimum Gasteiger partial charge on any atom is -0.360 e. The molecule has 20 heavy (non-hydrogen) atoms. The molecule has 0 radical (unpaired) electrons. The first-order valence-corrected chi connectivity index (χ1v) is 6.63. The molecule has 2 rings (SSSR count). The van der Waals surface area contributed by atoms with Gasteiger partial charge in [0, 0.05) is 12.5 Å². The number of unbranched alkanes of at least 4 members (excludes halogenated alkanes) is 1. The average molecular weight is 274 g/mol. The van der Waals surface area contributed by atoms with E-state index in [9.17, 15) is 4.79 Å². The molecular weight excluding hydrogens is 256 g/mol. The molecule has 0 aliphatic rings. The number of pyridine rings is 1. The van der Waals surface area contributed by atoms with E-state index in [1.54, 1.807) is 24.4 Å². The van der Waals surface area contributed by atoms with Crippen LogP contribution in [0.1, 0.15) is 31.9 Å². The van der Waals surface area contributed by atoms with Crippen LogP contribution in [0.15, 0.2) is 28.9 Å². The number of nitrogens with one attached hydrogen (secondary N) is 2. The number of carbonyl (C=O) groups is 1. The normalized spacial score (nSPS) is 10.3. The van der Waals surface area contributed by atoms with E-state index in [-0.39, 0.29) is 5.91 Å². The van der Waals surface area contributed by atoms with Crippen LogP contribution in [0.3, 0.4) is 0 Å². The van der Waals surface area contributed by atoms with Gasteiger partial charge in [-0.15, -0.1) is 0 Å². The summed E-state index contributed by atoms with van der Waals surface area (Å²) in [4.78, 5) is 15.8. The molecule has 2 aromatic heterocycles. The van der Waals surface area contributed by atoms with Crippen molar-refractivity contribution in [3.63, 3.8) is 0 Å². The van der Waals surface area contributed by atoms with Gasteiger partial charge in [0.1, 0.15) is 11.6 Å². The number of aryl methyl sites for hydroxylation is 1. The summed E-state index contributed by atoms with van der Waals surface area (Å²) in [5, 5.41) is 9.64. The molecular formula is C14H18N4O2. The summed E-state index contributed by atoms with van der Waals surface area (Å²) in [6.45, 7) is 3.88. The molecule has 0 aromatic carbocycles. The molecule has 0 atom stereocenters. The third-order valence-corrected chi connectivity index (χ3v) is 2.69. The maximum atomic E-state index is 11.6. The zero-order valence-electron chi connectivity index (χ0n) is 11.6. The van der Waals surface area contributed by atoms with Gasteiger partial charge in [-0.25, -0.2) is 4.98 Å². The Kier molecular flexibility index (Phi) is 4.70. The van der Waals surface area contributed by atoms with Crippen molar-refractivity contribution >= 4 is 23.2 Å². The molecule has 2 N–H and O–H groups in total. The van der Waals surface area contributed by atoms with Crippen LogP contribution in [0.5, 0.6) is 0 Å². The zero-order chi connectivity index (χ0) is 14.4. The Hall–Kier alpha value is -2.37. The highest BCUT2D eigenvalue weighted by molar-refractivity contribution is 5.90. The molecule has 0 fully saturated rings. The largest absolute Gasteiger partial charge is 0.360 e. The van der Waals surface area contributed by atoms with E-state index in [1.807, 2.05) is 6.92 Å². The molecule has 0 unspecified atom stereocenters. The summed E-state index contributed by atoms with van der Waals surface area (Å²) in [7, 11) is 0. The van der Waals surface area contributed by atoms with E-state index >= 15 is 0 Å². The lowest BCUT2D eigenvalue weighted by Crippen LogP contribution is -2.11. The number of rotatable bonds is 6. The number of hydrogen-bond donors (Lipinski definition) is 2. The topological polar surface area (TPSA) is 80.0 Å². The number of hydrogen-bond acceptors (Lipinski definition) is 5. The van der Waals surface area contributed by atoms with Gasteiger partial charge in [0.2, 0.25) is 5.91 Å². The van der Waals surface area contributed by atoms with Gasteiger partial charge in [-0.05, 0) is 25.5 Å². The Labute approximate surface area is 117 Å². The van der Waals surface area contributed by atoms with Gasteiger partial charge < -0.3 is 15.2 Å². The van der Waals surface area contributed by atoms with Crippen LogP contribution in [-0.2, 0) is 4.79 Å². The molecule has 106 valence electrons. The predicted octanol–water partition coefficient (Wildman–Crippen LogP) is 3.25. The summed E-state index contributed by atoms with van der Waals surface area (Å²) in [6, 6.07) is 5.35. The Bertz CT molecular complexity index is 563. The Morgan fingerprint density at radius 3 is 2.80 bits per heavy atom. The third kappa shape index (κ3) is 4.08.